The molecule has 19 heavy (non-hydrogen) atoms. The molecule has 1 aliphatic rings. The van der Waals surface area contributed by atoms with Gasteiger partial charge in [0.15, 0.2) is 0 Å². The molecule has 1 aromatic carbocycles. The van der Waals surface area contributed by atoms with Crippen LogP contribution in [0.25, 0.3) is 0 Å². The van der Waals surface area contributed by atoms with Crippen LogP contribution in [0.15, 0.2) is 24.3 Å². The molecule has 106 valence electrons. The zero-order chi connectivity index (χ0) is 13.9. The molecule has 0 aliphatic carbocycles. The number of para-hydroxylation sites is 1. The summed E-state index contributed by atoms with van der Waals surface area (Å²) in [6.45, 7) is 0.490. The van der Waals surface area contributed by atoms with E-state index in [-0.39, 0.29) is 18.4 Å². The lowest BCUT2D eigenvalue weighted by atomic mass is 9.88. The summed E-state index contributed by atoms with van der Waals surface area (Å²) >= 11 is 0. The van der Waals surface area contributed by atoms with Gasteiger partial charge in [-0.2, -0.15) is 13.2 Å². The van der Waals surface area contributed by atoms with Crippen molar-refractivity contribution in [3.8, 4) is 5.75 Å². The number of nitrogens with two attached hydrogens (primary N) is 1. The van der Waals surface area contributed by atoms with E-state index in [2.05, 4.69) is 0 Å². The maximum absolute atomic E-state index is 12.1. The fourth-order valence-electron chi connectivity index (χ4n) is 2.40. The average Bonchev–Trinajstić information content (AvgIpc) is 2.36. The number of alkyl halides is 3. The lowest BCUT2D eigenvalue weighted by Gasteiger charge is -2.29. The van der Waals surface area contributed by atoms with Gasteiger partial charge in [0, 0.05) is 18.4 Å². The lowest BCUT2D eigenvalue weighted by molar-refractivity contribution is -0.135. The van der Waals surface area contributed by atoms with E-state index in [1.165, 1.54) is 0 Å². The van der Waals surface area contributed by atoms with Gasteiger partial charge in [0.05, 0.1) is 6.61 Å². The standard InChI is InChI=1S/C14H18F3NO/c15-14(16,17)7-3-5-12(18)11-8-10-4-1-2-6-13(10)19-9-11/h1-2,4,6,11-12H,3,5,7-9,18H2. The van der Waals surface area contributed by atoms with Gasteiger partial charge in [-0.25, -0.2) is 0 Å². The third kappa shape index (κ3) is 4.13. The first-order valence-electron chi connectivity index (χ1n) is 6.49. The van der Waals surface area contributed by atoms with Crippen LogP contribution in [0.3, 0.4) is 0 Å². The minimum atomic E-state index is -4.09. The van der Waals surface area contributed by atoms with Crippen LogP contribution in [0.5, 0.6) is 5.75 Å². The summed E-state index contributed by atoms with van der Waals surface area (Å²) in [5.41, 5.74) is 7.08. The van der Waals surface area contributed by atoms with E-state index >= 15 is 0 Å². The summed E-state index contributed by atoms with van der Waals surface area (Å²) in [5, 5.41) is 0. The van der Waals surface area contributed by atoms with Gasteiger partial charge in [-0.05, 0) is 30.9 Å². The number of hydrogen-bond acceptors (Lipinski definition) is 2. The first kappa shape index (κ1) is 14.2. The Kier molecular flexibility index (Phi) is 4.34. The van der Waals surface area contributed by atoms with E-state index in [1.807, 2.05) is 24.3 Å². The van der Waals surface area contributed by atoms with Crippen molar-refractivity contribution in [3.05, 3.63) is 29.8 Å². The van der Waals surface area contributed by atoms with Gasteiger partial charge in [0.25, 0.3) is 0 Å². The highest BCUT2D eigenvalue weighted by molar-refractivity contribution is 5.35. The van der Waals surface area contributed by atoms with Crippen molar-refractivity contribution < 1.29 is 17.9 Å². The quantitative estimate of drug-likeness (QED) is 0.913. The Balaban J connectivity index is 1.83. The third-order valence-corrected chi connectivity index (χ3v) is 3.51. The van der Waals surface area contributed by atoms with Gasteiger partial charge in [-0.1, -0.05) is 18.2 Å². The fourth-order valence-corrected chi connectivity index (χ4v) is 2.40. The summed E-state index contributed by atoms with van der Waals surface area (Å²) in [4.78, 5) is 0. The molecular weight excluding hydrogens is 255 g/mol. The van der Waals surface area contributed by atoms with Gasteiger partial charge < -0.3 is 10.5 Å². The van der Waals surface area contributed by atoms with Crippen molar-refractivity contribution in [2.45, 2.75) is 37.9 Å². The Morgan fingerprint density at radius 1 is 1.32 bits per heavy atom. The molecule has 0 spiro atoms. The van der Waals surface area contributed by atoms with Crippen molar-refractivity contribution in [1.29, 1.82) is 0 Å². The molecule has 2 atom stereocenters. The van der Waals surface area contributed by atoms with Gasteiger partial charge in [0.2, 0.25) is 0 Å². The maximum atomic E-state index is 12.1. The topological polar surface area (TPSA) is 35.2 Å². The smallest absolute Gasteiger partial charge is 0.389 e. The summed E-state index contributed by atoms with van der Waals surface area (Å²) in [6.07, 6.45) is -3.60. The van der Waals surface area contributed by atoms with Crippen molar-refractivity contribution >= 4 is 0 Å². The number of benzene rings is 1. The van der Waals surface area contributed by atoms with E-state index in [0.29, 0.717) is 13.0 Å². The molecule has 1 aromatic rings. The van der Waals surface area contributed by atoms with Gasteiger partial charge in [-0.15, -0.1) is 0 Å². The Morgan fingerprint density at radius 3 is 2.79 bits per heavy atom. The van der Waals surface area contributed by atoms with Crippen molar-refractivity contribution in [1.82, 2.24) is 0 Å². The molecule has 1 aliphatic heterocycles. The average molecular weight is 273 g/mol. The van der Waals surface area contributed by atoms with E-state index in [0.717, 1.165) is 17.7 Å². The molecule has 5 heteroatoms. The number of rotatable bonds is 4. The summed E-state index contributed by atoms with van der Waals surface area (Å²) in [6, 6.07) is 7.48. The molecule has 2 unspecified atom stereocenters. The second kappa shape index (κ2) is 5.82. The molecule has 0 aromatic heterocycles. The number of ether oxygens (including phenoxy) is 1. The Hall–Kier alpha value is -1.23. The van der Waals surface area contributed by atoms with Gasteiger partial charge >= 0.3 is 6.18 Å². The highest BCUT2D eigenvalue weighted by Gasteiger charge is 2.29. The predicted octanol–water partition coefficient (Wildman–Crippen LogP) is 3.30. The van der Waals surface area contributed by atoms with Crippen LogP contribution in [0.4, 0.5) is 13.2 Å². The van der Waals surface area contributed by atoms with Crippen LogP contribution in [-0.4, -0.2) is 18.8 Å². The largest absolute Gasteiger partial charge is 0.493 e. The molecule has 2 nitrogen and oxygen atoms in total. The fraction of sp³-hybridized carbons (Fsp3) is 0.571. The van der Waals surface area contributed by atoms with Crippen molar-refractivity contribution in [2.75, 3.05) is 6.61 Å². The van der Waals surface area contributed by atoms with Crippen LogP contribution in [0.1, 0.15) is 24.8 Å². The first-order chi connectivity index (χ1) is 8.96. The molecule has 0 radical (unpaired) electrons. The molecule has 2 N–H and O–H groups in total. The number of hydrogen-bond donors (Lipinski definition) is 1. The number of fused-ring (bicyclic) bond motifs is 1. The Labute approximate surface area is 110 Å². The molecular formula is C14H18F3NO. The molecule has 0 saturated heterocycles. The molecule has 0 fully saturated rings. The predicted molar refractivity (Wildman–Crippen MR) is 67.0 cm³/mol. The molecule has 1 heterocycles. The zero-order valence-corrected chi connectivity index (χ0v) is 10.6. The van der Waals surface area contributed by atoms with Crippen LogP contribution < -0.4 is 10.5 Å². The first-order valence-corrected chi connectivity index (χ1v) is 6.49. The highest BCUT2D eigenvalue weighted by Crippen LogP contribution is 2.29. The lowest BCUT2D eigenvalue weighted by Crippen LogP contribution is -2.37. The maximum Gasteiger partial charge on any atom is 0.389 e. The monoisotopic (exact) mass is 273 g/mol. The summed E-state index contributed by atoms with van der Waals surface area (Å²) < 4.78 is 41.8. The van der Waals surface area contributed by atoms with Crippen LogP contribution in [-0.2, 0) is 6.42 Å². The zero-order valence-electron chi connectivity index (χ0n) is 10.6. The Bertz CT molecular complexity index is 419. The highest BCUT2D eigenvalue weighted by atomic mass is 19.4. The minimum Gasteiger partial charge on any atom is -0.493 e. The Morgan fingerprint density at radius 2 is 2.05 bits per heavy atom. The third-order valence-electron chi connectivity index (χ3n) is 3.51. The molecule has 2 rings (SSSR count). The summed E-state index contributed by atoms with van der Waals surface area (Å²) in [7, 11) is 0. The van der Waals surface area contributed by atoms with Crippen molar-refractivity contribution in [3.63, 3.8) is 0 Å². The van der Waals surface area contributed by atoms with Gasteiger partial charge in [0.1, 0.15) is 5.75 Å². The van der Waals surface area contributed by atoms with Gasteiger partial charge in [-0.3, -0.25) is 0 Å². The molecule has 0 amide bonds. The van der Waals surface area contributed by atoms with Crippen molar-refractivity contribution in [2.24, 2.45) is 11.7 Å². The van der Waals surface area contributed by atoms with E-state index in [1.54, 1.807) is 0 Å². The van der Waals surface area contributed by atoms with Crippen LogP contribution >= 0.6 is 0 Å². The second-order valence-electron chi connectivity index (χ2n) is 5.05. The van der Waals surface area contributed by atoms with E-state index in [4.69, 9.17) is 10.5 Å². The van der Waals surface area contributed by atoms with Crippen LogP contribution in [0.2, 0.25) is 0 Å². The second-order valence-corrected chi connectivity index (χ2v) is 5.05. The van der Waals surface area contributed by atoms with E-state index in [9.17, 15) is 13.2 Å². The van der Waals surface area contributed by atoms with E-state index < -0.39 is 12.6 Å². The SMILES string of the molecule is NC(CCCC(F)(F)F)C1COc2ccccc2C1. The molecule has 0 bridgehead atoms. The summed E-state index contributed by atoms with van der Waals surface area (Å²) in [5.74, 6) is 0.962. The van der Waals surface area contributed by atoms with Crippen LogP contribution in [0, 0.1) is 5.92 Å². The normalized spacial score (nSPS) is 20.5. The number of halogens is 3. The molecule has 0 saturated carbocycles. The minimum absolute atomic E-state index is 0.0861.